The largest absolute Gasteiger partial charge is 0.480 e. The fourth-order valence-corrected chi connectivity index (χ4v) is 1.74. The number of amides is 1. The topological polar surface area (TPSA) is 66.4 Å². The first-order chi connectivity index (χ1) is 8.40. The van der Waals surface area contributed by atoms with Crippen LogP contribution in [0.5, 0.6) is 0 Å². The van der Waals surface area contributed by atoms with Crippen molar-refractivity contribution in [2.75, 3.05) is 6.54 Å². The molecule has 0 bridgehead atoms. The highest BCUT2D eigenvalue weighted by atomic mass is 35.5. The van der Waals surface area contributed by atoms with E-state index in [1.165, 1.54) is 12.2 Å². The molecule has 0 atom stereocenters. The Hall–Kier alpha value is -1.17. The highest BCUT2D eigenvalue weighted by molar-refractivity contribution is 7.80. The molecule has 0 heterocycles. The van der Waals surface area contributed by atoms with E-state index in [2.05, 4.69) is 17.9 Å². The molecule has 1 aromatic carbocycles. The van der Waals surface area contributed by atoms with Crippen LogP contribution in [0, 0.1) is 0 Å². The summed E-state index contributed by atoms with van der Waals surface area (Å²) in [6.45, 7) is -0.437. The lowest BCUT2D eigenvalue weighted by Crippen LogP contribution is -2.27. The zero-order chi connectivity index (χ0) is 13.7. The molecule has 0 aliphatic heterocycles. The molecule has 96 valence electrons. The second kappa shape index (κ2) is 6.68. The molecule has 0 aliphatic carbocycles. The van der Waals surface area contributed by atoms with E-state index in [0.29, 0.717) is 20.5 Å². The highest BCUT2D eigenvalue weighted by Crippen LogP contribution is 2.28. The van der Waals surface area contributed by atoms with Gasteiger partial charge < -0.3 is 10.4 Å². The lowest BCUT2D eigenvalue weighted by atomic mass is 10.2. The summed E-state index contributed by atoms with van der Waals surface area (Å²) in [5.41, 5.74) is 0.546. The Labute approximate surface area is 119 Å². The van der Waals surface area contributed by atoms with Gasteiger partial charge in [0.1, 0.15) is 6.54 Å². The molecule has 0 saturated carbocycles. The van der Waals surface area contributed by atoms with Crippen molar-refractivity contribution in [3.63, 3.8) is 0 Å². The van der Waals surface area contributed by atoms with Crippen LogP contribution >= 0.6 is 35.8 Å². The minimum atomic E-state index is -1.11. The van der Waals surface area contributed by atoms with Crippen LogP contribution in [0.15, 0.2) is 23.1 Å². The summed E-state index contributed by atoms with van der Waals surface area (Å²) in [6.07, 6.45) is 2.62. The molecule has 0 aromatic heterocycles. The zero-order valence-corrected chi connectivity index (χ0v) is 11.4. The number of hydrogen-bond donors (Lipinski definition) is 3. The molecule has 1 aromatic rings. The van der Waals surface area contributed by atoms with Crippen molar-refractivity contribution in [2.24, 2.45) is 0 Å². The van der Waals surface area contributed by atoms with Crippen molar-refractivity contribution in [2.45, 2.75) is 4.90 Å². The lowest BCUT2D eigenvalue weighted by molar-refractivity contribution is -0.137. The molecule has 0 aliphatic rings. The van der Waals surface area contributed by atoms with Crippen molar-refractivity contribution in [3.8, 4) is 0 Å². The van der Waals surface area contributed by atoms with Gasteiger partial charge in [0.05, 0.1) is 5.02 Å². The minimum absolute atomic E-state index is 0.395. The number of aliphatic carboxylic acids is 1. The van der Waals surface area contributed by atoms with Crippen LogP contribution in [0.4, 0.5) is 0 Å². The number of carbonyl (C=O) groups excluding carboxylic acids is 1. The van der Waals surface area contributed by atoms with Crippen molar-refractivity contribution in [1.82, 2.24) is 5.32 Å². The third kappa shape index (κ3) is 4.60. The second-order valence-electron chi connectivity index (χ2n) is 3.27. The van der Waals surface area contributed by atoms with Gasteiger partial charge >= 0.3 is 5.97 Å². The summed E-state index contributed by atoms with van der Waals surface area (Å²) in [5, 5.41) is 11.4. The Kier molecular flexibility index (Phi) is 5.53. The molecule has 0 saturated heterocycles. The summed E-state index contributed by atoms with van der Waals surface area (Å²) in [7, 11) is 0. The number of hydrogen-bond acceptors (Lipinski definition) is 3. The van der Waals surface area contributed by atoms with E-state index in [9.17, 15) is 9.59 Å². The van der Waals surface area contributed by atoms with Crippen molar-refractivity contribution in [1.29, 1.82) is 0 Å². The fraction of sp³-hybridized carbons (Fsp3) is 0.0909. The smallest absolute Gasteiger partial charge is 0.322 e. The van der Waals surface area contributed by atoms with E-state index in [0.717, 1.165) is 0 Å². The normalized spacial score (nSPS) is 10.6. The minimum Gasteiger partial charge on any atom is -0.480 e. The van der Waals surface area contributed by atoms with E-state index in [4.69, 9.17) is 28.3 Å². The quantitative estimate of drug-likeness (QED) is 0.591. The average Bonchev–Trinajstić information content (AvgIpc) is 2.29. The summed E-state index contributed by atoms with van der Waals surface area (Å²) >= 11 is 15.9. The van der Waals surface area contributed by atoms with E-state index in [-0.39, 0.29) is 0 Å². The maximum atomic E-state index is 11.2. The first-order valence-corrected chi connectivity index (χ1v) is 5.96. The first-order valence-electron chi connectivity index (χ1n) is 4.76. The van der Waals surface area contributed by atoms with Gasteiger partial charge in [-0.1, -0.05) is 23.2 Å². The Morgan fingerprint density at radius 1 is 1.33 bits per heavy atom. The lowest BCUT2D eigenvalue weighted by Gasteiger charge is -2.02. The highest BCUT2D eigenvalue weighted by Gasteiger charge is 2.04. The number of carboxylic acid groups (broad SMARTS) is 1. The summed E-state index contributed by atoms with van der Waals surface area (Å²) in [5.74, 6) is -1.64. The fourth-order valence-electron chi connectivity index (χ4n) is 1.07. The van der Waals surface area contributed by atoms with Crippen LogP contribution in [0.3, 0.4) is 0 Å². The molecule has 1 rings (SSSR count). The van der Waals surface area contributed by atoms with E-state index in [1.807, 2.05) is 0 Å². The maximum absolute atomic E-state index is 11.2. The molecule has 4 nitrogen and oxygen atoms in total. The first kappa shape index (κ1) is 14.9. The molecule has 7 heteroatoms. The summed E-state index contributed by atoms with van der Waals surface area (Å²) in [4.78, 5) is 22.0. The van der Waals surface area contributed by atoms with Gasteiger partial charge in [-0.3, -0.25) is 9.59 Å². The van der Waals surface area contributed by atoms with Gasteiger partial charge in [0.2, 0.25) is 5.91 Å². The zero-order valence-electron chi connectivity index (χ0n) is 8.98. The van der Waals surface area contributed by atoms with Gasteiger partial charge in [-0.15, -0.1) is 12.6 Å². The average molecular weight is 306 g/mol. The molecule has 0 spiro atoms. The standard InChI is InChI=1S/C11H9Cl2NO3S/c12-7-4-9(18)8(13)3-6(7)1-2-10(15)14-5-11(16)17/h1-4,18H,5H2,(H,14,15)(H,16,17)/b2-1+. The van der Waals surface area contributed by atoms with Crippen molar-refractivity contribution < 1.29 is 14.7 Å². The molecule has 0 radical (unpaired) electrons. The van der Waals surface area contributed by atoms with E-state index in [1.54, 1.807) is 12.1 Å². The summed E-state index contributed by atoms with van der Waals surface area (Å²) < 4.78 is 0. The molecule has 18 heavy (non-hydrogen) atoms. The van der Waals surface area contributed by atoms with E-state index < -0.39 is 18.4 Å². The molecule has 1 amide bonds. The van der Waals surface area contributed by atoms with Crippen LogP contribution in [0.25, 0.3) is 6.08 Å². The Bertz CT molecular complexity index is 517. The van der Waals surface area contributed by atoms with Gasteiger partial charge in [0.25, 0.3) is 0 Å². The predicted molar refractivity (Wildman–Crippen MR) is 73.4 cm³/mol. The van der Waals surface area contributed by atoms with Gasteiger partial charge in [0.15, 0.2) is 0 Å². The number of nitrogens with one attached hydrogen (secondary N) is 1. The Balaban J connectivity index is 2.75. The number of thiol groups is 1. The molecule has 2 N–H and O–H groups in total. The van der Waals surface area contributed by atoms with Crippen LogP contribution in [-0.2, 0) is 9.59 Å². The number of carbonyl (C=O) groups is 2. The number of halogens is 2. The predicted octanol–water partition coefficient (Wildman–Crippen LogP) is 2.50. The van der Waals surface area contributed by atoms with Crippen LogP contribution in [-0.4, -0.2) is 23.5 Å². The van der Waals surface area contributed by atoms with E-state index >= 15 is 0 Å². The van der Waals surface area contributed by atoms with Crippen molar-refractivity contribution in [3.05, 3.63) is 33.8 Å². The number of benzene rings is 1. The Morgan fingerprint density at radius 3 is 2.61 bits per heavy atom. The monoisotopic (exact) mass is 305 g/mol. The third-order valence-corrected chi connectivity index (χ3v) is 3.04. The van der Waals surface area contributed by atoms with Gasteiger partial charge in [-0.05, 0) is 23.8 Å². The summed E-state index contributed by atoms with van der Waals surface area (Å²) in [6, 6.07) is 3.12. The van der Waals surface area contributed by atoms with Gasteiger partial charge in [0, 0.05) is 16.0 Å². The molecular formula is C11H9Cl2NO3S. The van der Waals surface area contributed by atoms with Gasteiger partial charge in [-0.25, -0.2) is 0 Å². The number of carboxylic acids is 1. The van der Waals surface area contributed by atoms with Crippen LogP contribution in [0.1, 0.15) is 5.56 Å². The molecule has 0 unspecified atom stereocenters. The molecular weight excluding hydrogens is 297 g/mol. The second-order valence-corrected chi connectivity index (χ2v) is 4.57. The van der Waals surface area contributed by atoms with Crippen LogP contribution in [0.2, 0.25) is 10.0 Å². The maximum Gasteiger partial charge on any atom is 0.322 e. The SMILES string of the molecule is O=C(O)CNC(=O)/C=C/c1cc(Cl)c(S)cc1Cl. The van der Waals surface area contributed by atoms with Crippen molar-refractivity contribution >= 4 is 53.8 Å². The molecule has 0 fully saturated rings. The van der Waals surface area contributed by atoms with Crippen LogP contribution < -0.4 is 5.32 Å². The third-order valence-electron chi connectivity index (χ3n) is 1.89. The Morgan fingerprint density at radius 2 is 2.00 bits per heavy atom. The number of rotatable bonds is 4. The van der Waals surface area contributed by atoms with Gasteiger partial charge in [-0.2, -0.15) is 0 Å².